The summed E-state index contributed by atoms with van der Waals surface area (Å²) in [5.41, 5.74) is 5.60. The zero-order chi connectivity index (χ0) is 21.3. The molecule has 0 fully saturated rings. The fourth-order valence-electron chi connectivity index (χ4n) is 3.47. The van der Waals surface area contributed by atoms with E-state index in [2.05, 4.69) is 31.3 Å². The summed E-state index contributed by atoms with van der Waals surface area (Å²) in [6, 6.07) is 15.7. The van der Waals surface area contributed by atoms with Gasteiger partial charge in [-0.3, -0.25) is 4.79 Å². The molecular weight excluding hydrogens is 447 g/mol. The maximum absolute atomic E-state index is 13.6. The summed E-state index contributed by atoms with van der Waals surface area (Å²) in [4.78, 5) is 17.0. The van der Waals surface area contributed by atoms with Crippen LogP contribution in [0.15, 0.2) is 59.1 Å². The number of nitrogens with one attached hydrogen (secondary N) is 1. The van der Waals surface area contributed by atoms with E-state index in [0.29, 0.717) is 29.7 Å². The van der Waals surface area contributed by atoms with Crippen LogP contribution < -0.4 is 5.32 Å². The summed E-state index contributed by atoms with van der Waals surface area (Å²) in [6.07, 6.45) is 0.890. The molecule has 1 N–H and O–H groups in total. The van der Waals surface area contributed by atoms with Crippen LogP contribution in [0.4, 0.5) is 10.1 Å². The van der Waals surface area contributed by atoms with Crippen molar-refractivity contribution >= 4 is 33.2 Å². The lowest BCUT2D eigenvalue weighted by atomic mass is 10.1. The lowest BCUT2D eigenvalue weighted by molar-refractivity contribution is -0.116. The molecule has 0 atom stereocenters. The Bertz CT molecular complexity index is 1230. The molecule has 0 saturated carbocycles. The Balaban J connectivity index is 1.55. The molecule has 0 aliphatic heterocycles. The van der Waals surface area contributed by atoms with Crippen LogP contribution in [0.3, 0.4) is 0 Å². The van der Waals surface area contributed by atoms with Crippen molar-refractivity contribution in [3.05, 3.63) is 81.8 Å². The lowest BCUT2D eigenvalue weighted by Gasteiger charge is -2.11. The molecule has 2 heterocycles. The van der Waals surface area contributed by atoms with Gasteiger partial charge in [0.25, 0.3) is 0 Å². The molecule has 0 spiro atoms. The number of hydrogen-bond acceptors (Lipinski definition) is 3. The number of halogens is 2. The van der Waals surface area contributed by atoms with Crippen molar-refractivity contribution in [2.75, 3.05) is 5.32 Å². The molecule has 0 unspecified atom stereocenters. The molecule has 152 valence electrons. The van der Waals surface area contributed by atoms with E-state index in [9.17, 15) is 9.18 Å². The molecule has 0 bridgehead atoms. The number of carbonyl (C=O) groups excluding carboxylic acids is 1. The second-order valence-corrected chi connectivity index (χ2v) is 8.04. The minimum atomic E-state index is -0.303. The normalized spacial score (nSPS) is 11.1. The van der Waals surface area contributed by atoms with Crippen molar-refractivity contribution in [2.24, 2.45) is 0 Å². The maximum Gasteiger partial charge on any atom is 0.224 e. The highest BCUT2D eigenvalue weighted by molar-refractivity contribution is 9.10. The minimum Gasteiger partial charge on any atom is -0.326 e. The highest BCUT2D eigenvalue weighted by Gasteiger charge is 2.14. The number of aryl methyl sites for hydroxylation is 2. The van der Waals surface area contributed by atoms with Gasteiger partial charge in [0.15, 0.2) is 5.65 Å². The van der Waals surface area contributed by atoms with E-state index >= 15 is 0 Å². The molecule has 4 aromatic rings. The standard InChI is InChI=1S/C23H20BrFN4O/c1-14-20(10-11-23(30)27-19-8-6-17(24)7-9-19)15(2)29-22(26-14)13-21(28-29)16-4-3-5-18(25)12-16/h3-9,12-13H,10-11H2,1-2H3,(H,27,30). The number of hydrogen-bond donors (Lipinski definition) is 1. The number of amides is 1. The summed E-state index contributed by atoms with van der Waals surface area (Å²) in [6.45, 7) is 3.90. The quantitative estimate of drug-likeness (QED) is 0.423. The van der Waals surface area contributed by atoms with E-state index < -0.39 is 0 Å². The molecule has 1 amide bonds. The van der Waals surface area contributed by atoms with Gasteiger partial charge in [0.1, 0.15) is 5.82 Å². The first-order chi connectivity index (χ1) is 14.4. The van der Waals surface area contributed by atoms with Crippen LogP contribution >= 0.6 is 15.9 Å². The summed E-state index contributed by atoms with van der Waals surface area (Å²) < 4.78 is 16.3. The van der Waals surface area contributed by atoms with Gasteiger partial charge in [-0.25, -0.2) is 13.9 Å². The third-order valence-electron chi connectivity index (χ3n) is 5.01. The maximum atomic E-state index is 13.6. The number of aromatic nitrogens is 3. The van der Waals surface area contributed by atoms with Crippen molar-refractivity contribution in [2.45, 2.75) is 26.7 Å². The van der Waals surface area contributed by atoms with Crippen LogP contribution in [0.1, 0.15) is 23.4 Å². The molecule has 0 aliphatic carbocycles. The van der Waals surface area contributed by atoms with E-state index in [1.54, 1.807) is 10.6 Å². The average Bonchev–Trinajstić information content (AvgIpc) is 3.14. The molecule has 5 nitrogen and oxygen atoms in total. The number of rotatable bonds is 5. The summed E-state index contributed by atoms with van der Waals surface area (Å²) in [5.74, 6) is -0.361. The largest absolute Gasteiger partial charge is 0.326 e. The molecule has 2 aromatic heterocycles. The second-order valence-electron chi connectivity index (χ2n) is 7.13. The molecule has 7 heteroatoms. The van der Waals surface area contributed by atoms with Crippen LogP contribution in [-0.4, -0.2) is 20.5 Å². The van der Waals surface area contributed by atoms with Crippen LogP contribution in [-0.2, 0) is 11.2 Å². The van der Waals surface area contributed by atoms with E-state index in [0.717, 1.165) is 27.1 Å². The van der Waals surface area contributed by atoms with Gasteiger partial charge in [0, 0.05) is 39.6 Å². The Morgan fingerprint density at radius 1 is 1.13 bits per heavy atom. The molecule has 0 radical (unpaired) electrons. The SMILES string of the molecule is Cc1nc2cc(-c3cccc(F)c3)nn2c(C)c1CCC(=O)Nc1ccc(Br)cc1. The second kappa shape index (κ2) is 8.36. The summed E-state index contributed by atoms with van der Waals surface area (Å²) in [7, 11) is 0. The summed E-state index contributed by atoms with van der Waals surface area (Å²) in [5, 5.41) is 7.52. The number of benzene rings is 2. The first kappa shape index (κ1) is 20.2. The fraction of sp³-hybridized carbons (Fsp3) is 0.174. The highest BCUT2D eigenvalue weighted by atomic mass is 79.9. The predicted molar refractivity (Wildman–Crippen MR) is 119 cm³/mol. The third-order valence-corrected chi connectivity index (χ3v) is 5.54. The van der Waals surface area contributed by atoms with Crippen LogP contribution in [0.2, 0.25) is 0 Å². The van der Waals surface area contributed by atoms with E-state index in [-0.39, 0.29) is 11.7 Å². The molecule has 0 aliphatic rings. The van der Waals surface area contributed by atoms with Gasteiger partial charge < -0.3 is 5.32 Å². The van der Waals surface area contributed by atoms with Gasteiger partial charge in [0.2, 0.25) is 5.91 Å². The first-order valence-corrected chi connectivity index (χ1v) is 10.4. The van der Waals surface area contributed by atoms with Crippen molar-refractivity contribution in [1.82, 2.24) is 14.6 Å². The van der Waals surface area contributed by atoms with Gasteiger partial charge in [0.05, 0.1) is 5.69 Å². The molecule has 2 aromatic carbocycles. The number of fused-ring (bicyclic) bond motifs is 1. The molecular formula is C23H20BrFN4O. The van der Waals surface area contributed by atoms with Gasteiger partial charge in [-0.2, -0.15) is 5.10 Å². The number of nitrogens with zero attached hydrogens (tertiary/aromatic N) is 3. The Kier molecular flexibility index (Phi) is 5.63. The smallest absolute Gasteiger partial charge is 0.224 e. The topological polar surface area (TPSA) is 59.3 Å². The van der Waals surface area contributed by atoms with Crippen molar-refractivity contribution < 1.29 is 9.18 Å². The Labute approximate surface area is 182 Å². The predicted octanol–water partition coefficient (Wildman–Crippen LogP) is 5.49. The monoisotopic (exact) mass is 466 g/mol. The van der Waals surface area contributed by atoms with E-state index in [1.165, 1.54) is 12.1 Å². The zero-order valence-corrected chi connectivity index (χ0v) is 18.2. The minimum absolute atomic E-state index is 0.0582. The zero-order valence-electron chi connectivity index (χ0n) is 16.6. The average molecular weight is 467 g/mol. The Morgan fingerprint density at radius 3 is 2.63 bits per heavy atom. The van der Waals surface area contributed by atoms with E-state index in [1.807, 2.05) is 50.2 Å². The number of anilines is 1. The summed E-state index contributed by atoms with van der Waals surface area (Å²) >= 11 is 3.38. The number of carbonyl (C=O) groups is 1. The molecule has 0 saturated heterocycles. The highest BCUT2D eigenvalue weighted by Crippen LogP contribution is 2.23. The van der Waals surface area contributed by atoms with Crippen molar-refractivity contribution in [3.63, 3.8) is 0 Å². The fourth-order valence-corrected chi connectivity index (χ4v) is 3.74. The first-order valence-electron chi connectivity index (χ1n) is 9.58. The Hall–Kier alpha value is -3.06. The molecule has 30 heavy (non-hydrogen) atoms. The third kappa shape index (κ3) is 4.26. The van der Waals surface area contributed by atoms with Crippen molar-refractivity contribution in [3.8, 4) is 11.3 Å². The van der Waals surface area contributed by atoms with Crippen LogP contribution in [0.25, 0.3) is 16.9 Å². The lowest BCUT2D eigenvalue weighted by Crippen LogP contribution is -2.14. The van der Waals surface area contributed by atoms with Crippen LogP contribution in [0.5, 0.6) is 0 Å². The van der Waals surface area contributed by atoms with Gasteiger partial charge in [-0.1, -0.05) is 28.1 Å². The van der Waals surface area contributed by atoms with Gasteiger partial charge >= 0.3 is 0 Å². The van der Waals surface area contributed by atoms with Gasteiger partial charge in [-0.15, -0.1) is 0 Å². The van der Waals surface area contributed by atoms with Crippen LogP contribution in [0, 0.1) is 19.7 Å². The molecule has 4 rings (SSSR count). The van der Waals surface area contributed by atoms with Gasteiger partial charge in [-0.05, 0) is 62.2 Å². The Morgan fingerprint density at radius 2 is 1.90 bits per heavy atom. The van der Waals surface area contributed by atoms with Crippen molar-refractivity contribution in [1.29, 1.82) is 0 Å². The van der Waals surface area contributed by atoms with E-state index in [4.69, 9.17) is 0 Å².